The van der Waals surface area contributed by atoms with Gasteiger partial charge in [-0.3, -0.25) is 5.01 Å². The van der Waals surface area contributed by atoms with Gasteiger partial charge in [-0.1, -0.05) is 0 Å². The quantitative estimate of drug-likeness (QED) is 0.557. The summed E-state index contributed by atoms with van der Waals surface area (Å²) in [6, 6.07) is 0. The normalized spacial score (nSPS) is 18.4. The summed E-state index contributed by atoms with van der Waals surface area (Å²) in [4.78, 5) is 23.0. The van der Waals surface area contributed by atoms with E-state index in [-0.39, 0.29) is 11.2 Å². The van der Waals surface area contributed by atoms with Crippen LogP contribution in [0.15, 0.2) is 16.9 Å². The van der Waals surface area contributed by atoms with Gasteiger partial charge >= 0.3 is 11.9 Å². The monoisotopic (exact) mass is 254 g/mol. The molecule has 0 saturated carbocycles. The molecule has 0 aromatic rings. The zero-order valence-corrected chi connectivity index (χ0v) is 11.3. The van der Waals surface area contributed by atoms with Crippen molar-refractivity contribution in [2.75, 3.05) is 14.2 Å². The van der Waals surface area contributed by atoms with E-state index in [1.165, 1.54) is 19.2 Å². The Hall–Kier alpha value is -1.85. The molecule has 0 spiro atoms. The lowest BCUT2D eigenvalue weighted by Gasteiger charge is -2.30. The molecule has 18 heavy (non-hydrogen) atoms. The van der Waals surface area contributed by atoms with E-state index >= 15 is 0 Å². The van der Waals surface area contributed by atoms with Crippen molar-refractivity contribution in [2.45, 2.75) is 32.7 Å². The Kier molecular flexibility index (Phi) is 4.11. The molecule has 0 amide bonds. The van der Waals surface area contributed by atoms with Gasteiger partial charge in [-0.25, -0.2) is 9.59 Å². The molecule has 1 aliphatic heterocycles. The Morgan fingerprint density at radius 2 is 1.94 bits per heavy atom. The number of ether oxygens (including phenoxy) is 2. The molecule has 0 N–H and O–H groups in total. The summed E-state index contributed by atoms with van der Waals surface area (Å²) in [7, 11) is 2.50. The minimum Gasteiger partial charge on any atom is -0.466 e. The number of rotatable bonds is 3. The minimum atomic E-state index is -0.619. The van der Waals surface area contributed by atoms with Crippen molar-refractivity contribution >= 4 is 17.7 Å². The highest BCUT2D eigenvalue weighted by Crippen LogP contribution is 2.31. The fourth-order valence-electron chi connectivity index (χ4n) is 1.90. The minimum absolute atomic E-state index is 0.0752. The lowest BCUT2D eigenvalue weighted by molar-refractivity contribution is -0.140. The zero-order chi connectivity index (χ0) is 13.9. The van der Waals surface area contributed by atoms with Crippen molar-refractivity contribution in [1.82, 2.24) is 5.01 Å². The fraction of sp³-hybridized carbons (Fsp3) is 0.583. The van der Waals surface area contributed by atoms with Gasteiger partial charge in [-0.15, -0.1) is 0 Å². The molecular weight excluding hydrogens is 236 g/mol. The predicted octanol–water partition coefficient (Wildman–Crippen LogP) is 1.08. The van der Waals surface area contributed by atoms with Gasteiger partial charge in [0.25, 0.3) is 0 Å². The molecule has 1 aliphatic rings. The first-order valence-electron chi connectivity index (χ1n) is 5.54. The Morgan fingerprint density at radius 1 is 1.33 bits per heavy atom. The van der Waals surface area contributed by atoms with Crippen LogP contribution in [0.5, 0.6) is 0 Å². The van der Waals surface area contributed by atoms with Crippen molar-refractivity contribution < 1.29 is 19.1 Å². The molecule has 6 heteroatoms. The van der Waals surface area contributed by atoms with Crippen LogP contribution < -0.4 is 0 Å². The highest BCUT2D eigenvalue weighted by Gasteiger charge is 2.37. The fourth-order valence-corrected chi connectivity index (χ4v) is 1.90. The van der Waals surface area contributed by atoms with Gasteiger partial charge in [-0.2, -0.15) is 5.10 Å². The first kappa shape index (κ1) is 14.2. The molecule has 1 rings (SSSR count). The molecule has 0 saturated heterocycles. The van der Waals surface area contributed by atoms with Crippen molar-refractivity contribution in [1.29, 1.82) is 0 Å². The van der Waals surface area contributed by atoms with Crippen LogP contribution in [0.2, 0.25) is 0 Å². The molecule has 0 bridgehead atoms. The summed E-state index contributed by atoms with van der Waals surface area (Å²) in [5.41, 5.74) is 0.587. The lowest BCUT2D eigenvalue weighted by atomic mass is 9.98. The summed E-state index contributed by atoms with van der Waals surface area (Å²) >= 11 is 0. The highest BCUT2D eigenvalue weighted by molar-refractivity contribution is 5.96. The second-order valence-electron chi connectivity index (χ2n) is 4.68. The second-order valence-corrected chi connectivity index (χ2v) is 4.68. The van der Waals surface area contributed by atoms with Crippen molar-refractivity contribution in [3.63, 3.8) is 0 Å². The maximum absolute atomic E-state index is 11.7. The van der Waals surface area contributed by atoms with E-state index < -0.39 is 11.9 Å². The predicted molar refractivity (Wildman–Crippen MR) is 65.8 cm³/mol. The van der Waals surface area contributed by atoms with Crippen LogP contribution in [0, 0.1) is 0 Å². The van der Waals surface area contributed by atoms with Crippen LogP contribution in [-0.2, 0) is 19.1 Å². The van der Waals surface area contributed by atoms with Gasteiger partial charge in [0.2, 0.25) is 0 Å². The smallest absolute Gasteiger partial charge is 0.356 e. The number of esters is 2. The molecular formula is C12H18N2O4. The second kappa shape index (κ2) is 5.20. The Balaban J connectivity index is 3.16. The van der Waals surface area contributed by atoms with Gasteiger partial charge in [0.05, 0.1) is 25.8 Å². The summed E-state index contributed by atoms with van der Waals surface area (Å²) in [6.07, 6.45) is 1.80. The molecule has 1 heterocycles. The summed E-state index contributed by atoms with van der Waals surface area (Å²) in [5, 5.41) is 5.78. The molecule has 0 aromatic heterocycles. The Morgan fingerprint density at radius 3 is 2.33 bits per heavy atom. The number of nitrogens with zero attached hydrogens (tertiary/aromatic N) is 2. The summed E-state index contributed by atoms with van der Waals surface area (Å²) < 4.78 is 9.20. The molecule has 0 unspecified atom stereocenters. The molecule has 0 aromatic carbocycles. The maximum Gasteiger partial charge on any atom is 0.356 e. The van der Waals surface area contributed by atoms with Crippen LogP contribution >= 0.6 is 0 Å². The van der Waals surface area contributed by atoms with E-state index in [0.29, 0.717) is 6.42 Å². The van der Waals surface area contributed by atoms with E-state index in [9.17, 15) is 9.59 Å². The molecule has 0 radical (unpaired) electrons. The van der Waals surface area contributed by atoms with Crippen LogP contribution in [0.4, 0.5) is 0 Å². The van der Waals surface area contributed by atoms with Gasteiger partial charge in [0, 0.05) is 12.1 Å². The number of hydrogen-bond acceptors (Lipinski definition) is 6. The van der Waals surface area contributed by atoms with E-state index in [2.05, 4.69) is 14.6 Å². The Labute approximate surface area is 106 Å². The average Bonchev–Trinajstić information content (AvgIpc) is 2.57. The van der Waals surface area contributed by atoms with E-state index in [1.54, 1.807) is 0 Å². The first-order chi connectivity index (χ1) is 8.31. The van der Waals surface area contributed by atoms with E-state index in [1.807, 2.05) is 20.8 Å². The number of carbonyl (C=O) groups is 2. The molecule has 100 valence electrons. The number of hydrazone groups is 1. The van der Waals surface area contributed by atoms with Crippen LogP contribution in [0.3, 0.4) is 0 Å². The van der Waals surface area contributed by atoms with Gasteiger partial charge in [0.1, 0.15) is 0 Å². The summed E-state index contributed by atoms with van der Waals surface area (Å²) in [6.45, 7) is 5.73. The van der Waals surface area contributed by atoms with Gasteiger partial charge in [0.15, 0.2) is 5.70 Å². The van der Waals surface area contributed by atoms with Gasteiger partial charge < -0.3 is 9.47 Å². The van der Waals surface area contributed by atoms with Crippen molar-refractivity contribution in [3.05, 3.63) is 11.8 Å². The van der Waals surface area contributed by atoms with Crippen LogP contribution in [0.25, 0.3) is 0 Å². The van der Waals surface area contributed by atoms with Gasteiger partial charge in [-0.05, 0) is 20.8 Å². The highest BCUT2D eigenvalue weighted by atomic mass is 16.5. The third-order valence-corrected chi connectivity index (χ3v) is 2.61. The lowest BCUT2D eigenvalue weighted by Crippen LogP contribution is -2.38. The number of carbonyl (C=O) groups excluding carboxylic acids is 2. The van der Waals surface area contributed by atoms with Crippen molar-refractivity contribution in [3.8, 4) is 0 Å². The maximum atomic E-state index is 11.7. The standard InChI is InChI=1S/C12H18N2O4/c1-8-7-12(2,3)14(13-8)9(11(16)18-5)6-10(15)17-4/h6H,7H2,1-5H3/b9-6+. The third-order valence-electron chi connectivity index (χ3n) is 2.61. The molecule has 6 nitrogen and oxygen atoms in total. The van der Waals surface area contributed by atoms with E-state index in [4.69, 9.17) is 0 Å². The van der Waals surface area contributed by atoms with Crippen LogP contribution in [0.1, 0.15) is 27.2 Å². The SMILES string of the molecule is COC(=O)/C=C(\C(=O)OC)N1N=C(C)CC1(C)C. The van der Waals surface area contributed by atoms with Crippen LogP contribution in [-0.4, -0.2) is 42.4 Å². The largest absolute Gasteiger partial charge is 0.466 e. The molecule has 0 fully saturated rings. The first-order valence-corrected chi connectivity index (χ1v) is 5.54. The third kappa shape index (κ3) is 2.88. The Bertz CT molecular complexity index is 424. The topological polar surface area (TPSA) is 68.2 Å². The van der Waals surface area contributed by atoms with Crippen molar-refractivity contribution in [2.24, 2.45) is 5.10 Å². The van der Waals surface area contributed by atoms with E-state index in [0.717, 1.165) is 11.8 Å². The molecule has 0 aliphatic carbocycles. The number of hydrogen-bond donors (Lipinski definition) is 0. The number of methoxy groups -OCH3 is 2. The average molecular weight is 254 g/mol. The zero-order valence-electron chi connectivity index (χ0n) is 11.3. The summed E-state index contributed by atoms with van der Waals surface area (Å²) in [5.74, 6) is -1.24. The molecule has 0 atom stereocenters.